The van der Waals surface area contributed by atoms with E-state index < -0.39 is 0 Å². The van der Waals surface area contributed by atoms with Gasteiger partial charge in [-0.25, -0.2) is 0 Å². The summed E-state index contributed by atoms with van der Waals surface area (Å²) in [7, 11) is 0. The molecule has 1 aliphatic rings. The molecule has 0 saturated heterocycles. The molecule has 0 aromatic heterocycles. The Hall–Kier alpha value is 0.795. The van der Waals surface area contributed by atoms with Crippen molar-refractivity contribution in [2.45, 2.75) is 26.0 Å². The molecule has 0 bridgehead atoms. The SMILES string of the molecule is CB(I)C1CC1C. The average Bonchev–Trinajstić information content (AvgIpc) is 2.17. The van der Waals surface area contributed by atoms with Gasteiger partial charge in [-0.1, -0.05) is 20.2 Å². The van der Waals surface area contributed by atoms with Crippen LogP contribution in [0.5, 0.6) is 0 Å². The third-order valence-corrected chi connectivity index (χ3v) is 2.69. The van der Waals surface area contributed by atoms with Crippen molar-refractivity contribution in [3.63, 3.8) is 0 Å². The Balaban J connectivity index is 2.20. The first-order chi connectivity index (χ1) is 3.22. The van der Waals surface area contributed by atoms with Crippen LogP contribution in [0.15, 0.2) is 0 Å². The Labute approximate surface area is 59.0 Å². The van der Waals surface area contributed by atoms with E-state index in [1.807, 2.05) is 0 Å². The predicted molar refractivity (Wildman–Crippen MR) is 43.2 cm³/mol. The summed E-state index contributed by atoms with van der Waals surface area (Å²) in [5, 5.41) is 0. The lowest BCUT2D eigenvalue weighted by Gasteiger charge is -1.89. The van der Waals surface area contributed by atoms with Crippen LogP contribution in [0, 0.1) is 5.92 Å². The summed E-state index contributed by atoms with van der Waals surface area (Å²) in [5.74, 6) is 2.09. The molecular weight excluding hydrogens is 198 g/mol. The van der Waals surface area contributed by atoms with Crippen LogP contribution >= 0.6 is 22.4 Å². The minimum absolute atomic E-state index is 0.910. The van der Waals surface area contributed by atoms with Crippen molar-refractivity contribution in [1.82, 2.24) is 0 Å². The standard InChI is InChI=1S/C5H10BI/c1-4-3-5(4)6(2)7/h4-5H,3H2,1-2H3. The van der Waals surface area contributed by atoms with Gasteiger partial charge in [-0.3, -0.25) is 0 Å². The van der Waals surface area contributed by atoms with Crippen LogP contribution < -0.4 is 0 Å². The molecule has 0 radical (unpaired) electrons. The zero-order chi connectivity index (χ0) is 5.44. The normalized spacial score (nSPS) is 38.1. The number of rotatable bonds is 1. The molecule has 1 aliphatic carbocycles. The van der Waals surface area contributed by atoms with Crippen molar-refractivity contribution >= 4 is 26.9 Å². The van der Waals surface area contributed by atoms with Gasteiger partial charge in [0.05, 0.1) is 0 Å². The third kappa shape index (κ3) is 1.34. The van der Waals surface area contributed by atoms with E-state index in [1.165, 1.54) is 6.42 Å². The van der Waals surface area contributed by atoms with Crippen LogP contribution in [0.2, 0.25) is 12.6 Å². The van der Waals surface area contributed by atoms with Crippen molar-refractivity contribution in [1.29, 1.82) is 0 Å². The van der Waals surface area contributed by atoms with E-state index in [0.717, 1.165) is 16.3 Å². The second kappa shape index (κ2) is 1.96. The van der Waals surface area contributed by atoms with Gasteiger partial charge in [0, 0.05) is 0 Å². The molecule has 0 nitrogen and oxygen atoms in total. The van der Waals surface area contributed by atoms with E-state index in [2.05, 4.69) is 36.1 Å². The largest absolute Gasteiger partial charge is 0.218 e. The van der Waals surface area contributed by atoms with Gasteiger partial charge in [0.15, 0.2) is 0 Å². The molecule has 7 heavy (non-hydrogen) atoms. The highest BCUT2D eigenvalue weighted by atomic mass is 127. The van der Waals surface area contributed by atoms with Crippen molar-refractivity contribution < 1.29 is 0 Å². The summed E-state index contributed by atoms with van der Waals surface area (Å²) in [6.45, 7) is 4.63. The van der Waals surface area contributed by atoms with E-state index in [-0.39, 0.29) is 0 Å². The molecule has 1 fully saturated rings. The molecular formula is C5H10BI. The molecule has 0 amide bonds. The minimum atomic E-state index is 0.910. The Morgan fingerprint density at radius 1 is 1.71 bits per heavy atom. The lowest BCUT2D eigenvalue weighted by Crippen LogP contribution is -1.93. The third-order valence-electron chi connectivity index (χ3n) is 1.76. The molecule has 0 aromatic rings. The summed E-state index contributed by atoms with van der Waals surface area (Å²) >= 11 is 2.51. The summed E-state index contributed by atoms with van der Waals surface area (Å²) < 4.78 is 0.910. The Morgan fingerprint density at radius 3 is 2.14 bits per heavy atom. The number of halogens is 1. The van der Waals surface area contributed by atoms with Crippen LogP contribution in [-0.2, 0) is 0 Å². The molecule has 40 valence electrons. The maximum atomic E-state index is 2.51. The molecule has 0 aliphatic heterocycles. The molecule has 1 saturated carbocycles. The van der Waals surface area contributed by atoms with Crippen molar-refractivity contribution in [3.8, 4) is 0 Å². The Bertz CT molecular complexity index is 72.5. The van der Waals surface area contributed by atoms with Gasteiger partial charge in [0.2, 0.25) is 4.57 Å². The zero-order valence-corrected chi connectivity index (χ0v) is 6.97. The maximum absolute atomic E-state index is 2.51. The molecule has 2 atom stereocenters. The molecule has 1 rings (SSSR count). The first kappa shape index (κ1) is 5.92. The van der Waals surface area contributed by atoms with Crippen molar-refractivity contribution in [3.05, 3.63) is 0 Å². The molecule has 0 aromatic carbocycles. The Morgan fingerprint density at radius 2 is 2.14 bits per heavy atom. The minimum Gasteiger partial charge on any atom is -0.150 e. The fraction of sp³-hybridized carbons (Fsp3) is 1.00. The molecule has 2 unspecified atom stereocenters. The van der Waals surface area contributed by atoms with E-state index in [4.69, 9.17) is 0 Å². The van der Waals surface area contributed by atoms with Crippen LogP contribution in [0.25, 0.3) is 0 Å². The second-order valence-corrected chi connectivity index (χ2v) is 4.52. The zero-order valence-electron chi connectivity index (χ0n) is 4.82. The summed E-state index contributed by atoms with van der Waals surface area (Å²) in [4.78, 5) is 0. The van der Waals surface area contributed by atoms with Gasteiger partial charge in [0.1, 0.15) is 0 Å². The Kier molecular flexibility index (Phi) is 1.66. The topological polar surface area (TPSA) is 0 Å². The van der Waals surface area contributed by atoms with Gasteiger partial charge >= 0.3 is 0 Å². The molecule has 2 heteroatoms. The first-order valence-corrected chi connectivity index (χ1v) is 4.10. The van der Waals surface area contributed by atoms with Crippen LogP contribution in [0.3, 0.4) is 0 Å². The predicted octanol–water partition coefficient (Wildman–Crippen LogP) is 2.45. The van der Waals surface area contributed by atoms with E-state index in [0.29, 0.717) is 0 Å². The van der Waals surface area contributed by atoms with Gasteiger partial charge < -0.3 is 0 Å². The van der Waals surface area contributed by atoms with E-state index >= 15 is 0 Å². The van der Waals surface area contributed by atoms with E-state index in [1.54, 1.807) is 0 Å². The quantitative estimate of drug-likeness (QED) is 0.458. The lowest BCUT2D eigenvalue weighted by molar-refractivity contribution is 0.978. The fourth-order valence-corrected chi connectivity index (χ4v) is 1.99. The lowest BCUT2D eigenvalue weighted by atomic mass is 9.74. The van der Waals surface area contributed by atoms with Gasteiger partial charge in [-0.05, 0) is 11.7 Å². The number of hydrogen-bond acceptors (Lipinski definition) is 0. The molecule has 0 heterocycles. The van der Waals surface area contributed by atoms with Crippen molar-refractivity contribution in [2.75, 3.05) is 0 Å². The van der Waals surface area contributed by atoms with Crippen LogP contribution in [0.4, 0.5) is 0 Å². The highest BCUT2D eigenvalue weighted by Crippen LogP contribution is 2.47. The molecule has 0 N–H and O–H groups in total. The monoisotopic (exact) mass is 208 g/mol. The van der Waals surface area contributed by atoms with Crippen LogP contribution in [0.1, 0.15) is 13.3 Å². The summed E-state index contributed by atoms with van der Waals surface area (Å²) in [5.41, 5.74) is 0. The molecule has 0 spiro atoms. The first-order valence-electron chi connectivity index (χ1n) is 2.86. The van der Waals surface area contributed by atoms with Gasteiger partial charge in [-0.15, -0.1) is 22.4 Å². The summed E-state index contributed by atoms with van der Waals surface area (Å²) in [6.07, 6.45) is 1.48. The highest BCUT2D eigenvalue weighted by molar-refractivity contribution is 14.1. The average molecular weight is 208 g/mol. The van der Waals surface area contributed by atoms with Crippen molar-refractivity contribution in [2.24, 2.45) is 5.92 Å². The smallest absolute Gasteiger partial charge is 0.150 e. The van der Waals surface area contributed by atoms with Gasteiger partial charge in [-0.2, -0.15) is 0 Å². The second-order valence-electron chi connectivity index (χ2n) is 2.55. The maximum Gasteiger partial charge on any atom is 0.218 e. The summed E-state index contributed by atoms with van der Waals surface area (Å²) in [6, 6.07) is 0. The fourth-order valence-electron chi connectivity index (χ4n) is 0.991. The van der Waals surface area contributed by atoms with E-state index in [9.17, 15) is 0 Å². The highest BCUT2D eigenvalue weighted by Gasteiger charge is 2.37. The van der Waals surface area contributed by atoms with Gasteiger partial charge in [0.25, 0.3) is 0 Å². The number of hydrogen-bond donors (Lipinski definition) is 0. The van der Waals surface area contributed by atoms with Crippen LogP contribution in [-0.4, -0.2) is 4.57 Å².